The molecule has 2 atom stereocenters. The Labute approximate surface area is 160 Å². The monoisotopic (exact) mass is 374 g/mol. The molecule has 0 aromatic heterocycles. The molecule has 1 amide bonds. The summed E-state index contributed by atoms with van der Waals surface area (Å²) in [5.41, 5.74) is 1.85. The average molecular weight is 374 g/mol. The third-order valence-electron chi connectivity index (χ3n) is 5.53. The van der Waals surface area contributed by atoms with Gasteiger partial charge in [0.2, 0.25) is 0 Å². The summed E-state index contributed by atoms with van der Waals surface area (Å²) in [6.07, 6.45) is 3.22. The van der Waals surface area contributed by atoms with Gasteiger partial charge in [0.1, 0.15) is 0 Å². The van der Waals surface area contributed by atoms with Gasteiger partial charge in [-0.25, -0.2) is 0 Å². The van der Waals surface area contributed by atoms with Crippen LogP contribution in [-0.2, 0) is 16.1 Å². The number of carbonyl (C=O) groups excluding carboxylic acids is 1. The van der Waals surface area contributed by atoms with Crippen molar-refractivity contribution in [3.8, 4) is 0 Å². The standard InChI is InChI=1S/C21H30N2O4/c1-14-11-23(12-15(2)27-14)13-16-3-5-17(6-4-16)20(24)22-19-9-7-18(8-10-19)21(25)26/h3-6,14-15,18-19H,7-13H2,1-2H3,(H,22,24)(H,25,26)/t14-,15-,18?,19?/m1/s1. The molecule has 0 bridgehead atoms. The fraction of sp³-hybridized carbons (Fsp3) is 0.619. The van der Waals surface area contributed by atoms with Crippen LogP contribution in [-0.4, -0.2) is 53.2 Å². The van der Waals surface area contributed by atoms with Gasteiger partial charge < -0.3 is 15.2 Å². The molecule has 27 heavy (non-hydrogen) atoms. The van der Waals surface area contributed by atoms with E-state index < -0.39 is 5.97 Å². The van der Waals surface area contributed by atoms with Gasteiger partial charge in [-0.05, 0) is 57.2 Å². The minimum atomic E-state index is -0.723. The summed E-state index contributed by atoms with van der Waals surface area (Å²) in [5.74, 6) is -1.06. The lowest BCUT2D eigenvalue weighted by molar-refractivity contribution is -0.142. The first-order valence-corrected chi connectivity index (χ1v) is 9.91. The fourth-order valence-corrected chi connectivity index (χ4v) is 4.19. The first-order chi connectivity index (χ1) is 12.9. The van der Waals surface area contributed by atoms with E-state index in [9.17, 15) is 9.59 Å². The number of nitrogens with zero attached hydrogens (tertiary/aromatic N) is 1. The molecule has 2 aliphatic rings. The number of aliphatic carboxylic acids is 1. The second kappa shape index (κ2) is 8.85. The van der Waals surface area contributed by atoms with E-state index in [4.69, 9.17) is 9.84 Å². The summed E-state index contributed by atoms with van der Waals surface area (Å²) in [4.78, 5) is 25.9. The average Bonchev–Trinajstić information content (AvgIpc) is 2.62. The number of hydrogen-bond acceptors (Lipinski definition) is 4. The van der Waals surface area contributed by atoms with Crippen LogP contribution in [0.3, 0.4) is 0 Å². The van der Waals surface area contributed by atoms with E-state index in [-0.39, 0.29) is 30.1 Å². The highest BCUT2D eigenvalue weighted by Gasteiger charge is 2.27. The molecule has 2 N–H and O–H groups in total. The lowest BCUT2D eigenvalue weighted by atomic mass is 9.86. The number of carboxylic acid groups (broad SMARTS) is 1. The Bertz CT molecular complexity index is 643. The second-order valence-electron chi connectivity index (χ2n) is 8.01. The van der Waals surface area contributed by atoms with Gasteiger partial charge in [0, 0.05) is 31.2 Å². The normalized spacial score (nSPS) is 29.3. The van der Waals surface area contributed by atoms with Gasteiger partial charge in [0.15, 0.2) is 0 Å². The number of hydrogen-bond donors (Lipinski definition) is 2. The quantitative estimate of drug-likeness (QED) is 0.828. The highest BCUT2D eigenvalue weighted by molar-refractivity contribution is 5.94. The first kappa shape index (κ1) is 19.8. The Balaban J connectivity index is 1.49. The largest absolute Gasteiger partial charge is 0.481 e. The highest BCUT2D eigenvalue weighted by atomic mass is 16.5. The maximum Gasteiger partial charge on any atom is 0.306 e. The lowest BCUT2D eigenvalue weighted by Crippen LogP contribution is -2.44. The highest BCUT2D eigenvalue weighted by Crippen LogP contribution is 2.24. The summed E-state index contributed by atoms with van der Waals surface area (Å²) in [6, 6.07) is 7.85. The van der Waals surface area contributed by atoms with Gasteiger partial charge in [-0.2, -0.15) is 0 Å². The molecular formula is C21H30N2O4. The van der Waals surface area contributed by atoms with Crippen molar-refractivity contribution in [3.63, 3.8) is 0 Å². The Morgan fingerprint density at radius 2 is 1.67 bits per heavy atom. The number of benzene rings is 1. The van der Waals surface area contributed by atoms with Gasteiger partial charge in [-0.3, -0.25) is 14.5 Å². The van der Waals surface area contributed by atoms with Crippen LogP contribution < -0.4 is 5.32 Å². The molecule has 1 heterocycles. The molecule has 0 radical (unpaired) electrons. The molecule has 0 unspecified atom stereocenters. The zero-order valence-corrected chi connectivity index (χ0v) is 16.2. The number of nitrogens with one attached hydrogen (secondary N) is 1. The van der Waals surface area contributed by atoms with Crippen LogP contribution in [0, 0.1) is 5.92 Å². The van der Waals surface area contributed by atoms with E-state index in [1.807, 2.05) is 24.3 Å². The van der Waals surface area contributed by atoms with Crippen molar-refractivity contribution < 1.29 is 19.4 Å². The third-order valence-corrected chi connectivity index (χ3v) is 5.53. The molecular weight excluding hydrogens is 344 g/mol. The summed E-state index contributed by atoms with van der Waals surface area (Å²) >= 11 is 0. The molecule has 148 valence electrons. The van der Waals surface area contributed by atoms with Crippen LogP contribution in [0.1, 0.15) is 55.5 Å². The van der Waals surface area contributed by atoms with E-state index in [1.165, 1.54) is 5.56 Å². The van der Waals surface area contributed by atoms with Crippen LogP contribution >= 0.6 is 0 Å². The van der Waals surface area contributed by atoms with Crippen molar-refractivity contribution in [3.05, 3.63) is 35.4 Å². The van der Waals surface area contributed by atoms with Gasteiger partial charge in [0.25, 0.3) is 5.91 Å². The molecule has 1 aromatic carbocycles. The minimum Gasteiger partial charge on any atom is -0.481 e. The van der Waals surface area contributed by atoms with E-state index >= 15 is 0 Å². The molecule has 6 nitrogen and oxygen atoms in total. The van der Waals surface area contributed by atoms with E-state index in [2.05, 4.69) is 24.1 Å². The summed E-state index contributed by atoms with van der Waals surface area (Å²) in [5, 5.41) is 12.1. The molecule has 3 rings (SSSR count). The predicted molar refractivity (Wildman–Crippen MR) is 103 cm³/mol. The molecule has 1 saturated heterocycles. The van der Waals surface area contributed by atoms with Crippen molar-refractivity contribution in [1.82, 2.24) is 10.2 Å². The Morgan fingerprint density at radius 3 is 2.22 bits per heavy atom. The summed E-state index contributed by atoms with van der Waals surface area (Å²) in [7, 11) is 0. The molecule has 2 fully saturated rings. The van der Waals surface area contributed by atoms with E-state index in [0.29, 0.717) is 18.4 Å². The zero-order valence-electron chi connectivity index (χ0n) is 16.2. The van der Waals surface area contributed by atoms with Crippen LogP contribution in [0.4, 0.5) is 0 Å². The van der Waals surface area contributed by atoms with Gasteiger partial charge in [0.05, 0.1) is 18.1 Å². The second-order valence-corrected chi connectivity index (χ2v) is 8.01. The maximum atomic E-state index is 12.5. The van der Waals surface area contributed by atoms with Crippen LogP contribution in [0.2, 0.25) is 0 Å². The van der Waals surface area contributed by atoms with Gasteiger partial charge in [-0.15, -0.1) is 0 Å². The van der Waals surface area contributed by atoms with Crippen molar-refractivity contribution >= 4 is 11.9 Å². The number of rotatable bonds is 5. The topological polar surface area (TPSA) is 78.9 Å². The maximum absolute atomic E-state index is 12.5. The molecule has 1 aromatic rings. The van der Waals surface area contributed by atoms with Gasteiger partial charge >= 0.3 is 5.97 Å². The van der Waals surface area contributed by atoms with Crippen molar-refractivity contribution in [2.24, 2.45) is 5.92 Å². The summed E-state index contributed by atoms with van der Waals surface area (Å²) < 4.78 is 5.77. The Morgan fingerprint density at radius 1 is 1.07 bits per heavy atom. The first-order valence-electron chi connectivity index (χ1n) is 9.91. The number of morpholine rings is 1. The van der Waals surface area contributed by atoms with Crippen molar-refractivity contribution in [2.75, 3.05) is 13.1 Å². The van der Waals surface area contributed by atoms with Crippen LogP contribution in [0.25, 0.3) is 0 Å². The van der Waals surface area contributed by atoms with Crippen molar-refractivity contribution in [1.29, 1.82) is 0 Å². The fourth-order valence-electron chi connectivity index (χ4n) is 4.19. The smallest absolute Gasteiger partial charge is 0.306 e. The molecule has 6 heteroatoms. The summed E-state index contributed by atoms with van der Waals surface area (Å²) in [6.45, 7) is 6.90. The molecule has 0 spiro atoms. The molecule has 1 aliphatic heterocycles. The van der Waals surface area contributed by atoms with E-state index in [0.717, 1.165) is 32.5 Å². The van der Waals surface area contributed by atoms with Crippen LogP contribution in [0.15, 0.2) is 24.3 Å². The number of carboxylic acids is 1. The third kappa shape index (κ3) is 5.53. The minimum absolute atomic E-state index is 0.0732. The zero-order chi connectivity index (χ0) is 19.4. The van der Waals surface area contributed by atoms with E-state index in [1.54, 1.807) is 0 Å². The Kier molecular flexibility index (Phi) is 6.50. The lowest BCUT2D eigenvalue weighted by Gasteiger charge is -2.35. The van der Waals surface area contributed by atoms with Crippen LogP contribution in [0.5, 0.6) is 0 Å². The Hall–Kier alpha value is -1.92. The number of amides is 1. The molecule has 1 aliphatic carbocycles. The molecule has 1 saturated carbocycles. The number of carbonyl (C=O) groups is 2. The predicted octanol–water partition coefficient (Wildman–Crippen LogP) is 2.67. The number of ether oxygens (including phenoxy) is 1. The van der Waals surface area contributed by atoms with Gasteiger partial charge in [-0.1, -0.05) is 12.1 Å². The SMILES string of the molecule is C[C@@H]1CN(Cc2ccc(C(=O)NC3CCC(C(=O)O)CC3)cc2)C[C@@H](C)O1. The van der Waals surface area contributed by atoms with Crippen molar-refractivity contribution in [2.45, 2.75) is 64.3 Å².